The van der Waals surface area contributed by atoms with E-state index in [-0.39, 0.29) is 5.56 Å². The van der Waals surface area contributed by atoms with Crippen LogP contribution in [0.3, 0.4) is 0 Å². The van der Waals surface area contributed by atoms with Crippen molar-refractivity contribution >= 4 is 29.5 Å². The average Bonchev–Trinajstić information content (AvgIpc) is 2.81. The normalized spacial score (nSPS) is 11.7. The van der Waals surface area contributed by atoms with Crippen molar-refractivity contribution in [3.05, 3.63) is 118 Å². The van der Waals surface area contributed by atoms with Gasteiger partial charge in [-0.25, -0.2) is 9.67 Å². The van der Waals surface area contributed by atoms with Gasteiger partial charge >= 0.3 is 0 Å². The van der Waals surface area contributed by atoms with E-state index in [4.69, 9.17) is 0 Å². The summed E-state index contributed by atoms with van der Waals surface area (Å²) in [6, 6.07) is 19.1. The van der Waals surface area contributed by atoms with E-state index >= 15 is 0 Å². The summed E-state index contributed by atoms with van der Waals surface area (Å²) < 4.78 is 1.45. The van der Waals surface area contributed by atoms with Crippen LogP contribution in [-0.2, 0) is 6.54 Å². The maximum Gasteiger partial charge on any atom is 0.267 e. The molecule has 0 spiro atoms. The molecule has 0 aliphatic heterocycles. The number of nitrogens with one attached hydrogen (secondary N) is 1. The molecule has 0 bridgehead atoms. The van der Waals surface area contributed by atoms with Crippen molar-refractivity contribution in [1.29, 1.82) is 0 Å². The predicted molar refractivity (Wildman–Crippen MR) is 147 cm³/mol. The lowest BCUT2D eigenvalue weighted by Crippen LogP contribution is -2.23. The summed E-state index contributed by atoms with van der Waals surface area (Å²) in [5, 5.41) is 7.84. The number of aromatic nitrogens is 2. The van der Waals surface area contributed by atoms with Gasteiger partial charge in [0.15, 0.2) is 0 Å². The number of amidine groups is 1. The van der Waals surface area contributed by atoms with Crippen molar-refractivity contribution in [3.8, 4) is 0 Å². The smallest absolute Gasteiger partial charge is 0.267 e. The van der Waals surface area contributed by atoms with Crippen molar-refractivity contribution < 1.29 is 0 Å². The van der Waals surface area contributed by atoms with Crippen LogP contribution in [0.5, 0.6) is 0 Å². The number of allylic oxidation sites excluding steroid dienone is 3. The molecule has 0 amide bonds. The Morgan fingerprint density at radius 1 is 1.09 bits per heavy atom. The Morgan fingerprint density at radius 2 is 1.86 bits per heavy atom. The molecule has 1 N–H and O–H groups in total. The van der Waals surface area contributed by atoms with Crippen LogP contribution in [0, 0.1) is 6.92 Å². The van der Waals surface area contributed by atoms with E-state index in [0.29, 0.717) is 12.2 Å². The molecule has 0 saturated carbocycles. The van der Waals surface area contributed by atoms with Gasteiger partial charge in [0, 0.05) is 23.5 Å². The van der Waals surface area contributed by atoms with Crippen LogP contribution < -0.4 is 10.9 Å². The van der Waals surface area contributed by atoms with Crippen LogP contribution in [0.15, 0.2) is 99.9 Å². The molecule has 0 saturated heterocycles. The average molecular weight is 466 g/mol. The minimum atomic E-state index is -0.180. The lowest BCUT2D eigenvalue weighted by atomic mass is 10.1. The fourth-order valence-corrected chi connectivity index (χ4v) is 3.52. The summed E-state index contributed by atoms with van der Waals surface area (Å²) in [4.78, 5) is 21.1. The highest BCUT2D eigenvalue weighted by molar-refractivity contribution is 5.90. The molecule has 0 aliphatic carbocycles. The highest BCUT2D eigenvalue weighted by Gasteiger charge is 2.08. The van der Waals surface area contributed by atoms with Crippen LogP contribution in [-0.4, -0.2) is 22.3 Å². The molecule has 35 heavy (non-hydrogen) atoms. The van der Waals surface area contributed by atoms with Gasteiger partial charge in [-0.2, -0.15) is 5.10 Å². The second-order valence-electron chi connectivity index (χ2n) is 8.49. The van der Waals surface area contributed by atoms with Crippen molar-refractivity contribution in [2.24, 2.45) is 9.98 Å². The molecule has 0 radical (unpaired) electrons. The lowest BCUT2D eigenvalue weighted by molar-refractivity contribution is 0.634. The molecule has 178 valence electrons. The molecular formula is C29H31N5O. The molecule has 6 nitrogen and oxygen atoms in total. The van der Waals surface area contributed by atoms with E-state index in [9.17, 15) is 4.79 Å². The van der Waals surface area contributed by atoms with Crippen molar-refractivity contribution in [2.75, 3.05) is 0 Å². The number of hydrogen-bond donors (Lipinski definition) is 1. The monoisotopic (exact) mass is 465 g/mol. The summed E-state index contributed by atoms with van der Waals surface area (Å²) in [6.07, 6.45) is 3.60. The van der Waals surface area contributed by atoms with Crippen molar-refractivity contribution in [2.45, 2.75) is 34.2 Å². The third-order valence-electron chi connectivity index (χ3n) is 5.18. The maximum atomic E-state index is 12.5. The topological polar surface area (TPSA) is 71.6 Å². The van der Waals surface area contributed by atoms with Crippen LogP contribution in [0.25, 0.3) is 11.3 Å². The lowest BCUT2D eigenvalue weighted by Gasteiger charge is -2.12. The van der Waals surface area contributed by atoms with E-state index in [0.717, 1.165) is 45.1 Å². The van der Waals surface area contributed by atoms with E-state index in [1.54, 1.807) is 12.3 Å². The minimum Gasteiger partial charge on any atom is -0.344 e. The number of aryl methyl sites for hydroxylation is 1. The highest BCUT2D eigenvalue weighted by Crippen LogP contribution is 2.19. The Kier molecular flexibility index (Phi) is 8.46. The zero-order valence-corrected chi connectivity index (χ0v) is 20.7. The van der Waals surface area contributed by atoms with Crippen molar-refractivity contribution in [1.82, 2.24) is 15.1 Å². The first-order valence-corrected chi connectivity index (χ1v) is 11.3. The Labute approximate surface area is 206 Å². The maximum absolute atomic E-state index is 12.5. The van der Waals surface area contributed by atoms with E-state index in [1.165, 1.54) is 10.7 Å². The molecule has 6 heteroatoms. The fourth-order valence-electron chi connectivity index (χ4n) is 3.52. The molecule has 0 aliphatic rings. The number of aliphatic imine (C=N–C) groups is 2. The molecule has 3 aromatic rings. The first-order valence-electron chi connectivity index (χ1n) is 11.3. The van der Waals surface area contributed by atoms with Gasteiger partial charge in [-0.1, -0.05) is 54.6 Å². The van der Waals surface area contributed by atoms with Gasteiger partial charge in [0.25, 0.3) is 5.56 Å². The van der Waals surface area contributed by atoms with Crippen LogP contribution in [0.4, 0.5) is 5.69 Å². The molecule has 1 heterocycles. The summed E-state index contributed by atoms with van der Waals surface area (Å²) in [5.41, 5.74) is 6.95. The molecule has 2 aromatic carbocycles. The number of benzene rings is 2. The standard InChI is InChI=1S/C29H31N5O/c1-20(2)16-26(18-30-6)28-14-15-29(35)34(33-28)19-24-11-9-12-25(17-24)22(4)31-23(5)32-27-13-8-7-10-21(27)3/h7-18H,4,6,19H2,1-3,5H3,(H,31,32)/b26-18+. The molecule has 0 fully saturated rings. The van der Waals surface area contributed by atoms with Gasteiger partial charge in [0.1, 0.15) is 5.84 Å². The van der Waals surface area contributed by atoms with Gasteiger partial charge in [0.2, 0.25) is 0 Å². The zero-order valence-electron chi connectivity index (χ0n) is 20.7. The number of para-hydroxylation sites is 1. The van der Waals surface area contributed by atoms with Gasteiger partial charge in [-0.3, -0.25) is 9.79 Å². The summed E-state index contributed by atoms with van der Waals surface area (Å²) in [5.74, 6) is 0.745. The van der Waals surface area contributed by atoms with Gasteiger partial charge < -0.3 is 5.32 Å². The summed E-state index contributed by atoms with van der Waals surface area (Å²) in [6.45, 7) is 16.0. The number of rotatable bonds is 8. The first kappa shape index (κ1) is 25.3. The van der Waals surface area contributed by atoms with Gasteiger partial charge in [-0.15, -0.1) is 0 Å². The van der Waals surface area contributed by atoms with E-state index in [2.05, 4.69) is 33.7 Å². The van der Waals surface area contributed by atoms with Gasteiger partial charge in [0.05, 0.1) is 17.9 Å². The Bertz CT molecular complexity index is 1390. The van der Waals surface area contributed by atoms with Crippen LogP contribution in [0.2, 0.25) is 0 Å². The number of hydrogen-bond acceptors (Lipinski definition) is 4. The Balaban J connectivity index is 1.82. The SMILES string of the molecule is C=N/C=C(\C=C(C)C)c1ccc(=O)n(Cc2cccc(C(=C)N/C(C)=N/c3ccccc3C)c2)n1. The third kappa shape index (κ3) is 7.08. The quantitative estimate of drug-likeness (QED) is 0.255. The van der Waals surface area contributed by atoms with Gasteiger partial charge in [-0.05, 0) is 69.3 Å². The second kappa shape index (κ2) is 11.7. The fraction of sp³-hybridized carbons (Fsp3) is 0.172. The zero-order chi connectivity index (χ0) is 25.4. The minimum absolute atomic E-state index is 0.180. The Morgan fingerprint density at radius 3 is 2.57 bits per heavy atom. The summed E-state index contributed by atoms with van der Waals surface area (Å²) in [7, 11) is 0. The Hall–Kier alpha value is -4.32. The molecule has 0 atom stereocenters. The third-order valence-corrected chi connectivity index (χ3v) is 5.18. The van der Waals surface area contributed by atoms with E-state index in [1.807, 2.05) is 82.3 Å². The van der Waals surface area contributed by atoms with Crippen LogP contribution in [0.1, 0.15) is 43.2 Å². The molecule has 3 rings (SSSR count). The summed E-state index contributed by atoms with van der Waals surface area (Å²) >= 11 is 0. The largest absolute Gasteiger partial charge is 0.344 e. The first-order chi connectivity index (χ1) is 16.8. The number of nitrogens with zero attached hydrogens (tertiary/aromatic N) is 4. The van der Waals surface area contributed by atoms with Crippen LogP contribution >= 0.6 is 0 Å². The predicted octanol–water partition coefficient (Wildman–Crippen LogP) is 5.92. The second-order valence-corrected chi connectivity index (χ2v) is 8.49. The molecule has 1 aromatic heterocycles. The molecular weight excluding hydrogens is 434 g/mol. The highest BCUT2D eigenvalue weighted by atomic mass is 16.1. The van der Waals surface area contributed by atoms with Crippen molar-refractivity contribution in [3.63, 3.8) is 0 Å². The molecule has 0 unspecified atom stereocenters. The van der Waals surface area contributed by atoms with E-state index < -0.39 is 0 Å².